The molecule has 0 atom stereocenters. The number of aromatic nitrogens is 7. The number of hydrogen-bond acceptors (Lipinski definition) is 8. The first-order chi connectivity index (χ1) is 23.7. The molecule has 0 aliphatic heterocycles. The van der Waals surface area contributed by atoms with Crippen molar-refractivity contribution in [3.8, 4) is 51.6 Å². The van der Waals surface area contributed by atoms with Crippen LogP contribution in [0.1, 0.15) is 5.56 Å². The summed E-state index contributed by atoms with van der Waals surface area (Å²) >= 11 is 0. The minimum absolute atomic E-state index is 0.430. The highest BCUT2D eigenvalue weighted by molar-refractivity contribution is 6.04. The zero-order valence-electron chi connectivity index (χ0n) is 25.3. The van der Waals surface area contributed by atoms with E-state index in [0.29, 0.717) is 34.4 Å². The van der Waals surface area contributed by atoms with Crippen LogP contribution in [-0.4, -0.2) is 34.9 Å². The van der Waals surface area contributed by atoms with Crippen molar-refractivity contribution in [3.05, 3.63) is 139 Å². The van der Waals surface area contributed by atoms with Crippen LogP contribution in [0.5, 0.6) is 0 Å². The summed E-state index contributed by atoms with van der Waals surface area (Å²) in [6.07, 6.45) is 3.56. The Balaban J connectivity index is 1.22. The molecule has 4 aromatic carbocycles. The van der Waals surface area contributed by atoms with Gasteiger partial charge in [-0.1, -0.05) is 84.9 Å². The van der Waals surface area contributed by atoms with E-state index in [1.54, 1.807) is 12.4 Å². The lowest BCUT2D eigenvalue weighted by Gasteiger charge is -2.10. The van der Waals surface area contributed by atoms with Gasteiger partial charge in [0.25, 0.3) is 0 Å². The Hall–Kier alpha value is -6.98. The Bertz CT molecular complexity index is 2600. The molecule has 0 aliphatic rings. The number of rotatable bonds is 4. The molecular formula is C40H22N8. The molecule has 9 rings (SSSR count). The normalized spacial score (nSPS) is 11.3. The quantitative estimate of drug-likeness (QED) is 0.181. The lowest BCUT2D eigenvalue weighted by Crippen LogP contribution is -2.02. The van der Waals surface area contributed by atoms with Crippen molar-refractivity contribution in [1.82, 2.24) is 34.9 Å². The van der Waals surface area contributed by atoms with Crippen molar-refractivity contribution in [3.63, 3.8) is 0 Å². The molecule has 222 valence electrons. The third-order valence-electron chi connectivity index (χ3n) is 8.45. The van der Waals surface area contributed by atoms with Gasteiger partial charge in [0.15, 0.2) is 17.5 Å². The monoisotopic (exact) mass is 614 g/mol. The van der Waals surface area contributed by atoms with Gasteiger partial charge in [0, 0.05) is 39.5 Å². The van der Waals surface area contributed by atoms with E-state index < -0.39 is 0 Å². The number of hydrogen-bond donors (Lipinski definition) is 0. The van der Waals surface area contributed by atoms with Crippen molar-refractivity contribution < 1.29 is 0 Å². The zero-order valence-corrected chi connectivity index (χ0v) is 25.3. The molecule has 5 heterocycles. The fourth-order valence-electron chi connectivity index (χ4n) is 5.98. The maximum atomic E-state index is 9.18. The van der Waals surface area contributed by atoms with Crippen LogP contribution in [-0.2, 0) is 0 Å². The van der Waals surface area contributed by atoms with E-state index in [-0.39, 0.29) is 0 Å². The fraction of sp³-hybridized carbons (Fsp3) is 0. The minimum Gasteiger partial charge on any atom is -0.254 e. The second-order valence-electron chi connectivity index (χ2n) is 11.4. The summed E-state index contributed by atoms with van der Waals surface area (Å²) in [5.74, 6) is 1.36. The van der Waals surface area contributed by atoms with Gasteiger partial charge in [0.1, 0.15) is 11.4 Å². The van der Waals surface area contributed by atoms with Crippen LogP contribution >= 0.6 is 0 Å². The molecule has 0 bridgehead atoms. The van der Waals surface area contributed by atoms with Crippen molar-refractivity contribution >= 4 is 43.6 Å². The van der Waals surface area contributed by atoms with Gasteiger partial charge < -0.3 is 0 Å². The second kappa shape index (κ2) is 11.1. The summed E-state index contributed by atoms with van der Waals surface area (Å²) in [6.45, 7) is 0. The van der Waals surface area contributed by atoms with Crippen LogP contribution in [0.3, 0.4) is 0 Å². The second-order valence-corrected chi connectivity index (χ2v) is 11.4. The van der Waals surface area contributed by atoms with Gasteiger partial charge in [-0.25, -0.2) is 24.9 Å². The molecule has 8 heteroatoms. The van der Waals surface area contributed by atoms with Gasteiger partial charge in [0.2, 0.25) is 0 Å². The van der Waals surface area contributed by atoms with Gasteiger partial charge in [-0.2, -0.15) is 5.26 Å². The molecule has 0 fully saturated rings. The van der Waals surface area contributed by atoms with E-state index in [0.717, 1.165) is 60.3 Å². The highest BCUT2D eigenvalue weighted by Gasteiger charge is 2.16. The van der Waals surface area contributed by atoms with Crippen LogP contribution in [0.4, 0.5) is 0 Å². The van der Waals surface area contributed by atoms with Gasteiger partial charge in [-0.05, 0) is 47.5 Å². The fourth-order valence-corrected chi connectivity index (χ4v) is 5.98. The molecule has 0 radical (unpaired) electrons. The third-order valence-corrected chi connectivity index (χ3v) is 8.45. The predicted molar refractivity (Wildman–Crippen MR) is 187 cm³/mol. The van der Waals surface area contributed by atoms with Crippen molar-refractivity contribution in [2.45, 2.75) is 0 Å². The Morgan fingerprint density at radius 1 is 0.375 bits per heavy atom. The zero-order chi connectivity index (χ0) is 32.0. The van der Waals surface area contributed by atoms with Crippen molar-refractivity contribution in [2.75, 3.05) is 0 Å². The summed E-state index contributed by atoms with van der Waals surface area (Å²) in [5.41, 5.74) is 7.88. The van der Waals surface area contributed by atoms with Crippen LogP contribution in [0.25, 0.3) is 89.2 Å². The Morgan fingerprint density at radius 3 is 1.29 bits per heavy atom. The van der Waals surface area contributed by atoms with Crippen molar-refractivity contribution in [2.24, 2.45) is 0 Å². The third kappa shape index (κ3) is 4.75. The van der Waals surface area contributed by atoms with Crippen molar-refractivity contribution in [1.29, 1.82) is 5.26 Å². The highest BCUT2D eigenvalue weighted by atomic mass is 15.1. The molecule has 0 spiro atoms. The number of nitrogens with zero attached hydrogens (tertiary/aromatic N) is 8. The molecule has 5 aromatic heterocycles. The van der Waals surface area contributed by atoms with Crippen LogP contribution in [0, 0.1) is 11.3 Å². The number of pyridine rings is 4. The summed E-state index contributed by atoms with van der Waals surface area (Å²) in [4.78, 5) is 34.1. The summed E-state index contributed by atoms with van der Waals surface area (Å²) in [7, 11) is 0. The maximum Gasteiger partial charge on any atom is 0.182 e. The van der Waals surface area contributed by atoms with E-state index in [9.17, 15) is 5.26 Å². The van der Waals surface area contributed by atoms with Gasteiger partial charge in [0.05, 0.1) is 33.7 Å². The topological polar surface area (TPSA) is 114 Å². The maximum absolute atomic E-state index is 9.18. The van der Waals surface area contributed by atoms with E-state index >= 15 is 0 Å². The Kier molecular flexibility index (Phi) is 6.33. The minimum atomic E-state index is 0.430. The van der Waals surface area contributed by atoms with Gasteiger partial charge in [-0.3, -0.25) is 9.97 Å². The highest BCUT2D eigenvalue weighted by Crippen LogP contribution is 2.30. The molecule has 0 unspecified atom stereocenters. The lowest BCUT2D eigenvalue weighted by molar-refractivity contribution is 1.05. The first-order valence-corrected chi connectivity index (χ1v) is 15.4. The van der Waals surface area contributed by atoms with Gasteiger partial charge >= 0.3 is 0 Å². The first kappa shape index (κ1) is 27.3. The predicted octanol–water partition coefficient (Wildman–Crippen LogP) is 8.60. The number of benzene rings is 4. The Labute approximate surface area is 274 Å². The largest absolute Gasteiger partial charge is 0.254 e. The van der Waals surface area contributed by atoms with E-state index in [4.69, 9.17) is 24.9 Å². The SMILES string of the molecule is N#Cc1ccc(-c2ccc(-c3nc(-c4ccc5ccc6cccnc6c5n4)nc(-c4ccc5ccc6cccnc6c5n4)n3)cc2)cc1. The average Bonchev–Trinajstić information content (AvgIpc) is 3.17. The lowest BCUT2D eigenvalue weighted by atomic mass is 10.0. The summed E-state index contributed by atoms with van der Waals surface area (Å²) in [5, 5.41) is 13.2. The smallest absolute Gasteiger partial charge is 0.182 e. The summed E-state index contributed by atoms with van der Waals surface area (Å²) < 4.78 is 0. The van der Waals surface area contributed by atoms with E-state index in [2.05, 4.69) is 28.2 Å². The molecule has 0 amide bonds. The van der Waals surface area contributed by atoms with Crippen LogP contribution < -0.4 is 0 Å². The molecular weight excluding hydrogens is 592 g/mol. The Morgan fingerprint density at radius 2 is 0.792 bits per heavy atom. The number of nitriles is 1. The van der Waals surface area contributed by atoms with Crippen LogP contribution in [0.2, 0.25) is 0 Å². The molecule has 0 saturated heterocycles. The molecule has 8 nitrogen and oxygen atoms in total. The van der Waals surface area contributed by atoms with Gasteiger partial charge in [-0.15, -0.1) is 0 Å². The summed E-state index contributed by atoms with van der Waals surface area (Å²) in [6, 6.07) is 41.7. The standard InChI is InChI=1S/C40H22N8/c41-23-24-5-7-25(8-6-24)26-9-15-31(16-10-26)38-46-39(32-19-17-29-13-11-27-3-1-21-42-34(27)36(29)44-32)48-40(47-38)33-20-18-30-14-12-28-4-2-22-43-35(28)37(30)45-33/h1-22H. The average molecular weight is 615 g/mol. The van der Waals surface area contributed by atoms with E-state index in [1.165, 1.54) is 0 Å². The molecule has 9 aromatic rings. The molecule has 48 heavy (non-hydrogen) atoms. The molecule has 0 aliphatic carbocycles. The number of fused-ring (bicyclic) bond motifs is 6. The van der Waals surface area contributed by atoms with Crippen LogP contribution in [0.15, 0.2) is 134 Å². The molecule has 0 N–H and O–H groups in total. The van der Waals surface area contributed by atoms with E-state index in [1.807, 2.05) is 109 Å². The first-order valence-electron chi connectivity index (χ1n) is 15.4. The molecule has 0 saturated carbocycles.